The Balaban J connectivity index is 1.39. The van der Waals surface area contributed by atoms with E-state index in [1.165, 1.54) is 66.6 Å². The number of non-ortho nitro benzene ring substituents is 1. The number of aromatic nitrogens is 2. The molecule has 29 heavy (non-hydrogen) atoms. The third-order valence-electron chi connectivity index (χ3n) is 4.32. The van der Waals surface area contributed by atoms with Gasteiger partial charge in [0.05, 0.1) is 10.7 Å². The predicted molar refractivity (Wildman–Crippen MR) is 110 cm³/mol. The Kier molecular flexibility index (Phi) is 7.36. The number of benzene rings is 1. The summed E-state index contributed by atoms with van der Waals surface area (Å²) in [6, 6.07) is 5.52. The van der Waals surface area contributed by atoms with E-state index in [1.807, 2.05) is 0 Å². The van der Waals surface area contributed by atoms with Crippen LogP contribution in [0.4, 0.5) is 10.8 Å². The maximum Gasteiger partial charge on any atom is 0.269 e. The first-order valence-corrected chi connectivity index (χ1v) is 10.9. The van der Waals surface area contributed by atoms with Gasteiger partial charge in [-0.15, -0.1) is 10.2 Å². The largest absolute Gasteiger partial charge is 0.357 e. The molecule has 0 bridgehead atoms. The van der Waals surface area contributed by atoms with E-state index >= 15 is 0 Å². The van der Waals surface area contributed by atoms with Gasteiger partial charge in [0.25, 0.3) is 11.6 Å². The standard InChI is InChI=1S/C17H20N6O4S2/c24-14(19-20-15(25)11-6-8-13(9-7-11)23(26)27)10-28-17-22-21-16(29-17)18-12-4-2-1-3-5-12/h6-9,12H,1-5,10H2,(H,18,21)(H,19,24)(H,20,25). The smallest absolute Gasteiger partial charge is 0.269 e. The second-order valence-electron chi connectivity index (χ2n) is 6.45. The Morgan fingerprint density at radius 3 is 2.55 bits per heavy atom. The van der Waals surface area contributed by atoms with Crippen LogP contribution in [0.25, 0.3) is 0 Å². The van der Waals surface area contributed by atoms with Crippen molar-refractivity contribution in [2.75, 3.05) is 11.1 Å². The minimum absolute atomic E-state index is 0.0681. The van der Waals surface area contributed by atoms with Gasteiger partial charge < -0.3 is 5.32 Å². The Morgan fingerprint density at radius 1 is 1.14 bits per heavy atom. The second-order valence-corrected chi connectivity index (χ2v) is 8.65. The zero-order valence-electron chi connectivity index (χ0n) is 15.4. The van der Waals surface area contributed by atoms with Crippen molar-refractivity contribution in [2.45, 2.75) is 42.5 Å². The topological polar surface area (TPSA) is 139 Å². The molecule has 0 aliphatic heterocycles. The Morgan fingerprint density at radius 2 is 1.86 bits per heavy atom. The number of thioether (sulfide) groups is 1. The van der Waals surface area contributed by atoms with Gasteiger partial charge in [0.2, 0.25) is 11.0 Å². The molecule has 0 radical (unpaired) electrons. The molecule has 1 aromatic heterocycles. The molecule has 0 atom stereocenters. The summed E-state index contributed by atoms with van der Waals surface area (Å²) in [5.41, 5.74) is 4.67. The average molecular weight is 437 g/mol. The average Bonchev–Trinajstić information content (AvgIpc) is 3.18. The van der Waals surface area contributed by atoms with Crippen molar-refractivity contribution in [2.24, 2.45) is 0 Å². The van der Waals surface area contributed by atoms with Gasteiger partial charge >= 0.3 is 0 Å². The van der Waals surface area contributed by atoms with E-state index < -0.39 is 16.7 Å². The van der Waals surface area contributed by atoms with Gasteiger partial charge in [-0.1, -0.05) is 42.4 Å². The summed E-state index contributed by atoms with van der Waals surface area (Å²) in [4.78, 5) is 34.0. The summed E-state index contributed by atoms with van der Waals surface area (Å²) in [6.45, 7) is 0. The van der Waals surface area contributed by atoms with Crippen LogP contribution in [0.1, 0.15) is 42.5 Å². The van der Waals surface area contributed by atoms with E-state index in [0.29, 0.717) is 10.4 Å². The molecule has 12 heteroatoms. The number of anilines is 1. The molecule has 2 aromatic rings. The highest BCUT2D eigenvalue weighted by atomic mass is 32.2. The molecule has 3 N–H and O–H groups in total. The van der Waals surface area contributed by atoms with Crippen LogP contribution in [0.15, 0.2) is 28.6 Å². The van der Waals surface area contributed by atoms with Gasteiger partial charge in [-0.3, -0.25) is 30.6 Å². The van der Waals surface area contributed by atoms with E-state index in [1.54, 1.807) is 0 Å². The van der Waals surface area contributed by atoms with Crippen LogP contribution in [0.2, 0.25) is 0 Å². The molecule has 10 nitrogen and oxygen atoms in total. The number of hydrogen-bond acceptors (Lipinski definition) is 9. The highest BCUT2D eigenvalue weighted by molar-refractivity contribution is 8.01. The quantitative estimate of drug-likeness (QED) is 0.342. The summed E-state index contributed by atoms with van der Waals surface area (Å²) >= 11 is 2.63. The molecular formula is C17H20N6O4S2. The van der Waals surface area contributed by atoms with E-state index in [9.17, 15) is 19.7 Å². The highest BCUT2D eigenvalue weighted by Crippen LogP contribution is 2.28. The van der Waals surface area contributed by atoms with Gasteiger partial charge in [-0.25, -0.2) is 0 Å². The number of rotatable bonds is 7. The molecule has 2 amide bonds. The molecule has 0 unspecified atom stereocenters. The Hall–Kier alpha value is -2.73. The normalized spacial score (nSPS) is 14.2. The predicted octanol–water partition coefficient (Wildman–Crippen LogP) is 2.74. The van der Waals surface area contributed by atoms with E-state index in [0.717, 1.165) is 18.0 Å². The van der Waals surface area contributed by atoms with Crippen LogP contribution in [0, 0.1) is 10.1 Å². The Bertz CT molecular complexity index is 867. The monoisotopic (exact) mass is 436 g/mol. The van der Waals surface area contributed by atoms with Gasteiger partial charge in [0.15, 0.2) is 4.34 Å². The van der Waals surface area contributed by atoms with Crippen molar-refractivity contribution in [1.82, 2.24) is 21.0 Å². The third-order valence-corrected chi connectivity index (χ3v) is 6.31. The first-order chi connectivity index (χ1) is 14.0. The summed E-state index contributed by atoms with van der Waals surface area (Å²) in [5, 5.41) is 22.9. The summed E-state index contributed by atoms with van der Waals surface area (Å²) in [7, 11) is 0. The first-order valence-electron chi connectivity index (χ1n) is 9.08. The van der Waals surface area contributed by atoms with Crippen LogP contribution >= 0.6 is 23.1 Å². The molecule has 0 spiro atoms. The minimum atomic E-state index is -0.562. The van der Waals surface area contributed by atoms with Crippen molar-refractivity contribution in [3.8, 4) is 0 Å². The number of carbonyl (C=O) groups excluding carboxylic acids is 2. The van der Waals surface area contributed by atoms with Crippen molar-refractivity contribution in [3.63, 3.8) is 0 Å². The highest BCUT2D eigenvalue weighted by Gasteiger charge is 2.16. The minimum Gasteiger partial charge on any atom is -0.357 e. The maximum atomic E-state index is 12.0. The van der Waals surface area contributed by atoms with E-state index in [2.05, 4.69) is 26.4 Å². The number of carbonyl (C=O) groups is 2. The van der Waals surface area contributed by atoms with Crippen LogP contribution in [0.3, 0.4) is 0 Å². The van der Waals surface area contributed by atoms with Gasteiger partial charge in [-0.2, -0.15) is 0 Å². The lowest BCUT2D eigenvalue weighted by atomic mass is 9.96. The molecule has 1 aromatic carbocycles. The second kappa shape index (κ2) is 10.2. The molecule has 3 rings (SSSR count). The van der Waals surface area contributed by atoms with Crippen LogP contribution in [-0.4, -0.2) is 38.7 Å². The number of hydrogen-bond donors (Lipinski definition) is 3. The maximum absolute atomic E-state index is 12.0. The number of nitro benzene ring substituents is 1. The van der Waals surface area contributed by atoms with Crippen LogP contribution in [0.5, 0.6) is 0 Å². The van der Waals surface area contributed by atoms with E-state index in [-0.39, 0.29) is 17.0 Å². The lowest BCUT2D eigenvalue weighted by Gasteiger charge is -2.21. The van der Waals surface area contributed by atoms with Crippen molar-refractivity contribution in [1.29, 1.82) is 0 Å². The fourth-order valence-electron chi connectivity index (χ4n) is 2.84. The lowest BCUT2D eigenvalue weighted by molar-refractivity contribution is -0.384. The van der Waals surface area contributed by atoms with Crippen LogP contribution < -0.4 is 16.2 Å². The molecule has 1 heterocycles. The lowest BCUT2D eigenvalue weighted by Crippen LogP contribution is -2.42. The fraction of sp³-hybridized carbons (Fsp3) is 0.412. The molecule has 1 aliphatic carbocycles. The molecule has 0 saturated heterocycles. The van der Waals surface area contributed by atoms with Gasteiger partial charge in [-0.05, 0) is 25.0 Å². The summed E-state index contributed by atoms with van der Waals surface area (Å²) in [6.07, 6.45) is 6.01. The van der Waals surface area contributed by atoms with Crippen molar-refractivity contribution in [3.05, 3.63) is 39.9 Å². The third kappa shape index (κ3) is 6.39. The number of hydrazine groups is 1. The SMILES string of the molecule is O=C(CSc1nnc(NC2CCCCC2)s1)NNC(=O)c1ccc([N+](=O)[O-])cc1. The number of nitrogens with zero attached hydrogens (tertiary/aromatic N) is 3. The van der Waals surface area contributed by atoms with Crippen LogP contribution in [-0.2, 0) is 4.79 Å². The number of nitro groups is 1. The van der Waals surface area contributed by atoms with Crippen molar-refractivity contribution >= 4 is 45.7 Å². The molecule has 1 saturated carbocycles. The van der Waals surface area contributed by atoms with E-state index in [4.69, 9.17) is 0 Å². The molecule has 1 fully saturated rings. The first kappa shape index (κ1) is 21.0. The van der Waals surface area contributed by atoms with Gasteiger partial charge in [0, 0.05) is 23.7 Å². The molecule has 1 aliphatic rings. The molecule has 154 valence electrons. The summed E-state index contributed by atoms with van der Waals surface area (Å²) < 4.78 is 0.667. The van der Waals surface area contributed by atoms with Gasteiger partial charge in [0.1, 0.15) is 0 Å². The van der Waals surface area contributed by atoms with Crippen molar-refractivity contribution < 1.29 is 14.5 Å². The zero-order chi connectivity index (χ0) is 20.6. The number of nitrogens with one attached hydrogen (secondary N) is 3. The zero-order valence-corrected chi connectivity index (χ0v) is 17.1. The summed E-state index contributed by atoms with van der Waals surface area (Å²) in [5.74, 6) is -0.895. The molecular weight excluding hydrogens is 416 g/mol. The fourth-order valence-corrected chi connectivity index (χ4v) is 4.47. The number of amides is 2. The Labute approximate surface area is 175 Å².